The highest BCUT2D eigenvalue weighted by Gasteiger charge is 2.09. The molecular formula is C8H18O2. The zero-order valence-corrected chi connectivity index (χ0v) is 7.04. The molecule has 0 aliphatic carbocycles. The first-order valence-electron chi connectivity index (χ1n) is 3.90. The minimum Gasteiger partial charge on any atom is -0.393 e. The molecule has 0 saturated heterocycles. The van der Waals surface area contributed by atoms with Crippen LogP contribution in [0.3, 0.4) is 0 Å². The van der Waals surface area contributed by atoms with Crippen LogP contribution in [0.5, 0.6) is 0 Å². The van der Waals surface area contributed by atoms with E-state index in [1.807, 2.05) is 13.8 Å². The molecular weight excluding hydrogens is 128 g/mol. The predicted molar refractivity (Wildman–Crippen MR) is 41.8 cm³/mol. The molecule has 0 radical (unpaired) electrons. The average Bonchev–Trinajstić information content (AvgIpc) is 1.82. The second-order valence-corrected chi connectivity index (χ2v) is 3.24. The minimum absolute atomic E-state index is 0.255. The SMILES string of the molecule is CC(C)[C@@H](O)CC[C@H](C)O. The summed E-state index contributed by atoms with van der Waals surface area (Å²) in [4.78, 5) is 0. The Morgan fingerprint density at radius 2 is 1.50 bits per heavy atom. The zero-order valence-electron chi connectivity index (χ0n) is 7.04. The first-order chi connectivity index (χ1) is 4.54. The largest absolute Gasteiger partial charge is 0.393 e. The molecule has 2 atom stereocenters. The van der Waals surface area contributed by atoms with Gasteiger partial charge in [0.1, 0.15) is 0 Å². The summed E-state index contributed by atoms with van der Waals surface area (Å²) < 4.78 is 0. The van der Waals surface area contributed by atoms with Crippen LogP contribution in [0.2, 0.25) is 0 Å². The Hall–Kier alpha value is -0.0800. The van der Waals surface area contributed by atoms with Crippen LogP contribution in [0.4, 0.5) is 0 Å². The van der Waals surface area contributed by atoms with Gasteiger partial charge in [-0.2, -0.15) is 0 Å². The molecule has 0 heterocycles. The fraction of sp³-hybridized carbons (Fsp3) is 1.00. The van der Waals surface area contributed by atoms with Gasteiger partial charge in [0, 0.05) is 0 Å². The van der Waals surface area contributed by atoms with Gasteiger partial charge in [-0.15, -0.1) is 0 Å². The van der Waals surface area contributed by atoms with Gasteiger partial charge >= 0.3 is 0 Å². The summed E-state index contributed by atoms with van der Waals surface area (Å²) in [6, 6.07) is 0. The molecule has 0 aliphatic rings. The van der Waals surface area contributed by atoms with Crippen LogP contribution >= 0.6 is 0 Å². The normalized spacial score (nSPS) is 17.4. The van der Waals surface area contributed by atoms with Crippen molar-refractivity contribution in [3.63, 3.8) is 0 Å². The second-order valence-electron chi connectivity index (χ2n) is 3.24. The van der Waals surface area contributed by atoms with Gasteiger partial charge in [0.25, 0.3) is 0 Å². The summed E-state index contributed by atoms with van der Waals surface area (Å²) in [5.41, 5.74) is 0. The summed E-state index contributed by atoms with van der Waals surface area (Å²) in [5.74, 6) is 0.304. The van der Waals surface area contributed by atoms with E-state index in [1.54, 1.807) is 6.92 Å². The molecule has 0 spiro atoms. The van der Waals surface area contributed by atoms with E-state index in [2.05, 4.69) is 0 Å². The standard InChI is InChI=1S/C8H18O2/c1-6(2)8(10)5-4-7(3)9/h6-10H,4-5H2,1-3H3/t7-,8-/m0/s1. The number of aliphatic hydroxyl groups excluding tert-OH is 2. The number of aliphatic hydroxyl groups is 2. The van der Waals surface area contributed by atoms with Crippen LogP contribution in [0.25, 0.3) is 0 Å². The molecule has 0 aromatic carbocycles. The van der Waals surface area contributed by atoms with E-state index in [0.29, 0.717) is 18.8 Å². The Kier molecular flexibility index (Phi) is 4.65. The Labute approximate surface area is 62.9 Å². The van der Waals surface area contributed by atoms with Gasteiger partial charge in [-0.1, -0.05) is 13.8 Å². The quantitative estimate of drug-likeness (QED) is 0.625. The van der Waals surface area contributed by atoms with E-state index in [0.717, 1.165) is 0 Å². The van der Waals surface area contributed by atoms with Crippen molar-refractivity contribution in [2.75, 3.05) is 0 Å². The molecule has 2 N–H and O–H groups in total. The van der Waals surface area contributed by atoms with E-state index in [1.165, 1.54) is 0 Å². The van der Waals surface area contributed by atoms with E-state index < -0.39 is 0 Å². The van der Waals surface area contributed by atoms with Gasteiger partial charge in [-0.05, 0) is 25.7 Å². The molecule has 0 aliphatic heterocycles. The highest BCUT2D eigenvalue weighted by molar-refractivity contribution is 4.61. The summed E-state index contributed by atoms with van der Waals surface area (Å²) in [6.07, 6.45) is 0.859. The van der Waals surface area contributed by atoms with Gasteiger partial charge in [0.2, 0.25) is 0 Å². The van der Waals surface area contributed by atoms with Crippen molar-refractivity contribution >= 4 is 0 Å². The minimum atomic E-state index is -0.284. The molecule has 0 saturated carbocycles. The van der Waals surface area contributed by atoms with E-state index in [-0.39, 0.29) is 12.2 Å². The van der Waals surface area contributed by atoms with Crippen molar-refractivity contribution in [2.24, 2.45) is 5.92 Å². The van der Waals surface area contributed by atoms with Crippen LogP contribution in [0.1, 0.15) is 33.6 Å². The Morgan fingerprint density at radius 1 is 1.00 bits per heavy atom. The summed E-state index contributed by atoms with van der Waals surface area (Å²) >= 11 is 0. The molecule has 62 valence electrons. The molecule has 0 aromatic heterocycles. The van der Waals surface area contributed by atoms with Crippen molar-refractivity contribution in [3.8, 4) is 0 Å². The van der Waals surface area contributed by atoms with Crippen LogP contribution in [-0.2, 0) is 0 Å². The third-order valence-electron chi connectivity index (χ3n) is 1.65. The number of hydrogen-bond donors (Lipinski definition) is 2. The lowest BCUT2D eigenvalue weighted by atomic mass is 10.0. The fourth-order valence-electron chi connectivity index (χ4n) is 0.745. The van der Waals surface area contributed by atoms with Gasteiger partial charge in [0.15, 0.2) is 0 Å². The van der Waals surface area contributed by atoms with Crippen LogP contribution in [0, 0.1) is 5.92 Å². The van der Waals surface area contributed by atoms with Crippen molar-refractivity contribution in [1.82, 2.24) is 0 Å². The molecule has 0 unspecified atom stereocenters. The third-order valence-corrected chi connectivity index (χ3v) is 1.65. The molecule has 0 aromatic rings. The van der Waals surface area contributed by atoms with Crippen molar-refractivity contribution in [2.45, 2.75) is 45.8 Å². The first kappa shape index (κ1) is 9.92. The maximum Gasteiger partial charge on any atom is 0.0564 e. The van der Waals surface area contributed by atoms with Crippen molar-refractivity contribution < 1.29 is 10.2 Å². The van der Waals surface area contributed by atoms with Crippen molar-refractivity contribution in [1.29, 1.82) is 0 Å². The highest BCUT2D eigenvalue weighted by atomic mass is 16.3. The summed E-state index contributed by atoms with van der Waals surface area (Å²) in [6.45, 7) is 5.70. The molecule has 0 amide bonds. The van der Waals surface area contributed by atoms with E-state index in [9.17, 15) is 5.11 Å². The molecule has 0 bridgehead atoms. The van der Waals surface area contributed by atoms with Gasteiger partial charge < -0.3 is 10.2 Å². The van der Waals surface area contributed by atoms with Gasteiger partial charge in [-0.25, -0.2) is 0 Å². The summed E-state index contributed by atoms with van der Waals surface area (Å²) in [7, 11) is 0. The zero-order chi connectivity index (χ0) is 8.15. The second kappa shape index (κ2) is 4.69. The fourth-order valence-corrected chi connectivity index (χ4v) is 0.745. The molecule has 2 nitrogen and oxygen atoms in total. The first-order valence-corrected chi connectivity index (χ1v) is 3.90. The van der Waals surface area contributed by atoms with Gasteiger partial charge in [0.05, 0.1) is 12.2 Å². The van der Waals surface area contributed by atoms with E-state index >= 15 is 0 Å². The van der Waals surface area contributed by atoms with Crippen LogP contribution in [-0.4, -0.2) is 22.4 Å². The Morgan fingerprint density at radius 3 is 1.80 bits per heavy atom. The summed E-state index contributed by atoms with van der Waals surface area (Å²) in [5, 5.41) is 18.1. The topological polar surface area (TPSA) is 40.5 Å². The maximum atomic E-state index is 9.26. The molecule has 10 heavy (non-hydrogen) atoms. The lowest BCUT2D eigenvalue weighted by Gasteiger charge is -2.14. The third kappa shape index (κ3) is 4.77. The highest BCUT2D eigenvalue weighted by Crippen LogP contribution is 2.09. The average molecular weight is 146 g/mol. The maximum absolute atomic E-state index is 9.26. The molecule has 0 rings (SSSR count). The predicted octanol–water partition coefficient (Wildman–Crippen LogP) is 1.16. The number of rotatable bonds is 4. The Balaban J connectivity index is 3.30. The van der Waals surface area contributed by atoms with Gasteiger partial charge in [-0.3, -0.25) is 0 Å². The van der Waals surface area contributed by atoms with Crippen molar-refractivity contribution in [3.05, 3.63) is 0 Å². The monoisotopic (exact) mass is 146 g/mol. The molecule has 0 fully saturated rings. The molecule has 2 heteroatoms. The van der Waals surface area contributed by atoms with Crippen LogP contribution < -0.4 is 0 Å². The van der Waals surface area contributed by atoms with Crippen LogP contribution in [0.15, 0.2) is 0 Å². The number of hydrogen-bond acceptors (Lipinski definition) is 2. The lowest BCUT2D eigenvalue weighted by Crippen LogP contribution is -2.16. The Bertz CT molecular complexity index is 79.3. The smallest absolute Gasteiger partial charge is 0.0564 e. The van der Waals surface area contributed by atoms with E-state index in [4.69, 9.17) is 5.11 Å². The lowest BCUT2D eigenvalue weighted by molar-refractivity contribution is 0.0905.